The number of nitrogen functional groups attached to an aromatic ring is 1. The van der Waals surface area contributed by atoms with Crippen molar-refractivity contribution in [3.63, 3.8) is 0 Å². The zero-order valence-electron chi connectivity index (χ0n) is 18.7. The van der Waals surface area contributed by atoms with Crippen LogP contribution in [0.5, 0.6) is 0 Å². The number of nitrogens with zero attached hydrogens (tertiary/aromatic N) is 4. The van der Waals surface area contributed by atoms with Crippen molar-refractivity contribution < 1.29 is 18.3 Å². The highest BCUT2D eigenvalue weighted by Gasteiger charge is 2.29. The summed E-state index contributed by atoms with van der Waals surface area (Å²) >= 11 is 0. The van der Waals surface area contributed by atoms with Crippen LogP contribution in [0.4, 0.5) is 14.6 Å². The highest BCUT2D eigenvalue weighted by molar-refractivity contribution is 5.98. The molecule has 0 atom stereocenters. The summed E-state index contributed by atoms with van der Waals surface area (Å²) in [4.78, 5) is 30.8. The molecule has 1 saturated carbocycles. The molecule has 1 fully saturated rings. The van der Waals surface area contributed by atoms with Gasteiger partial charge < -0.3 is 20.4 Å². The number of H-pyrrole nitrogens is 1. The number of fused-ring (bicyclic) bond motifs is 3. The Morgan fingerprint density at radius 1 is 1.14 bits per heavy atom. The fourth-order valence-corrected chi connectivity index (χ4v) is 4.51. The smallest absolute Gasteiger partial charge is 0.270 e. The van der Waals surface area contributed by atoms with Crippen LogP contribution in [0, 0.1) is 17.6 Å². The second kappa shape index (κ2) is 8.38. The van der Waals surface area contributed by atoms with Crippen LogP contribution in [0.3, 0.4) is 0 Å². The number of ether oxygens (including phenoxy) is 1. The Morgan fingerprint density at radius 2 is 1.91 bits per heavy atom. The second-order valence-corrected chi connectivity index (χ2v) is 9.04. The lowest BCUT2D eigenvalue weighted by Gasteiger charge is -2.22. The molecule has 0 bridgehead atoms. The first-order valence-electron chi connectivity index (χ1n) is 11.4. The van der Waals surface area contributed by atoms with E-state index >= 15 is 0 Å². The molecule has 1 amide bonds. The number of pyridine rings is 3. The van der Waals surface area contributed by atoms with Crippen LogP contribution >= 0.6 is 0 Å². The third-order valence-corrected chi connectivity index (χ3v) is 6.52. The molecule has 8 nitrogen and oxygen atoms in total. The SMILES string of the molecule is Nc1nc2cc(C(=O)N(Cc3ccc(-c4c(F)cncc4F)cn3)CC3CC3)[nH]c2c2c1COC2. The van der Waals surface area contributed by atoms with Crippen molar-refractivity contribution in [2.75, 3.05) is 12.3 Å². The van der Waals surface area contributed by atoms with E-state index in [2.05, 4.69) is 19.9 Å². The summed E-state index contributed by atoms with van der Waals surface area (Å²) in [6, 6.07) is 5.00. The van der Waals surface area contributed by atoms with Gasteiger partial charge in [-0.05, 0) is 30.9 Å². The number of rotatable bonds is 6. The lowest BCUT2D eigenvalue weighted by atomic mass is 10.1. The maximum absolute atomic E-state index is 14.1. The predicted molar refractivity (Wildman–Crippen MR) is 124 cm³/mol. The maximum atomic E-state index is 14.1. The van der Waals surface area contributed by atoms with Crippen LogP contribution in [0.15, 0.2) is 36.8 Å². The summed E-state index contributed by atoms with van der Waals surface area (Å²) in [5.41, 5.74) is 10.4. The minimum Gasteiger partial charge on any atom is -0.383 e. The first kappa shape index (κ1) is 21.6. The van der Waals surface area contributed by atoms with Crippen LogP contribution < -0.4 is 5.73 Å². The lowest BCUT2D eigenvalue weighted by Crippen LogP contribution is -2.33. The van der Waals surface area contributed by atoms with E-state index in [0.717, 1.165) is 41.9 Å². The number of anilines is 1. The molecule has 2 aliphatic rings. The van der Waals surface area contributed by atoms with Crippen molar-refractivity contribution in [1.82, 2.24) is 24.8 Å². The van der Waals surface area contributed by atoms with Gasteiger partial charge in [-0.1, -0.05) is 6.07 Å². The maximum Gasteiger partial charge on any atom is 0.270 e. The standard InChI is InChI=1S/C25H22F2N6O2/c26-18-7-29-8-19(27)22(18)14-3-4-15(30-6-14)10-33(9-13-1-2-13)25(34)21-5-20-23(31-21)16-11-35-12-17(16)24(28)32-20/h3-8,13,31H,1-2,9-12H2,(H2,28,32). The minimum absolute atomic E-state index is 0.168. The predicted octanol–water partition coefficient (Wildman–Crippen LogP) is 3.96. The molecule has 5 heterocycles. The molecule has 0 aromatic carbocycles. The summed E-state index contributed by atoms with van der Waals surface area (Å²) in [5, 5.41) is 0. The largest absolute Gasteiger partial charge is 0.383 e. The average molecular weight is 476 g/mol. The molecule has 0 spiro atoms. The third-order valence-electron chi connectivity index (χ3n) is 6.52. The molecule has 10 heteroatoms. The summed E-state index contributed by atoms with van der Waals surface area (Å²) in [6.07, 6.45) is 5.49. The van der Waals surface area contributed by atoms with E-state index in [9.17, 15) is 13.6 Å². The lowest BCUT2D eigenvalue weighted by molar-refractivity contribution is 0.0727. The Hall–Kier alpha value is -3.92. The molecule has 1 aliphatic carbocycles. The van der Waals surface area contributed by atoms with Gasteiger partial charge >= 0.3 is 0 Å². The average Bonchev–Trinajstić information content (AvgIpc) is 3.34. The molecule has 178 valence electrons. The molecular formula is C25H22F2N6O2. The molecule has 1 aliphatic heterocycles. The molecular weight excluding hydrogens is 454 g/mol. The molecule has 35 heavy (non-hydrogen) atoms. The number of amides is 1. The Morgan fingerprint density at radius 3 is 2.63 bits per heavy atom. The topological polar surface area (TPSA) is 110 Å². The first-order valence-corrected chi connectivity index (χ1v) is 11.4. The number of aromatic amines is 1. The highest BCUT2D eigenvalue weighted by atomic mass is 19.1. The number of halogens is 2. The van der Waals surface area contributed by atoms with Crippen molar-refractivity contribution in [2.45, 2.75) is 32.6 Å². The quantitative estimate of drug-likeness (QED) is 0.436. The molecule has 3 N–H and O–H groups in total. The molecule has 4 aromatic rings. The summed E-state index contributed by atoms with van der Waals surface area (Å²) in [7, 11) is 0. The number of carbonyl (C=O) groups is 1. The zero-order chi connectivity index (χ0) is 24.1. The van der Waals surface area contributed by atoms with Crippen LogP contribution in [-0.4, -0.2) is 37.3 Å². The number of nitrogens with one attached hydrogen (secondary N) is 1. The second-order valence-electron chi connectivity index (χ2n) is 9.04. The fraction of sp³-hybridized carbons (Fsp3) is 0.280. The molecule has 0 saturated heterocycles. The van der Waals surface area contributed by atoms with Gasteiger partial charge in [-0.3, -0.25) is 14.8 Å². The van der Waals surface area contributed by atoms with Gasteiger partial charge in [0, 0.05) is 29.4 Å². The summed E-state index contributed by atoms with van der Waals surface area (Å²) in [5.74, 6) is -0.804. The van der Waals surface area contributed by atoms with E-state index in [1.165, 1.54) is 6.20 Å². The zero-order valence-corrected chi connectivity index (χ0v) is 18.7. The van der Waals surface area contributed by atoms with Gasteiger partial charge in [-0.15, -0.1) is 0 Å². The van der Waals surface area contributed by atoms with Gasteiger partial charge in [-0.2, -0.15) is 0 Å². The van der Waals surface area contributed by atoms with Crippen LogP contribution in [0.1, 0.15) is 40.2 Å². The van der Waals surface area contributed by atoms with Crippen molar-refractivity contribution in [3.8, 4) is 11.1 Å². The van der Waals surface area contributed by atoms with Gasteiger partial charge in [-0.25, -0.2) is 13.8 Å². The monoisotopic (exact) mass is 476 g/mol. The fourth-order valence-electron chi connectivity index (χ4n) is 4.51. The number of carbonyl (C=O) groups excluding carboxylic acids is 1. The van der Waals surface area contributed by atoms with Crippen LogP contribution in [-0.2, 0) is 24.5 Å². The number of hydrogen-bond donors (Lipinski definition) is 2. The van der Waals surface area contributed by atoms with E-state index in [1.54, 1.807) is 23.1 Å². The van der Waals surface area contributed by atoms with Crippen molar-refractivity contribution >= 4 is 22.8 Å². The Labute approximate surface area is 199 Å². The van der Waals surface area contributed by atoms with Gasteiger partial charge in [0.05, 0.1) is 54.4 Å². The molecule has 0 unspecified atom stereocenters. The Balaban J connectivity index is 1.28. The Kier molecular flexibility index (Phi) is 5.18. The van der Waals surface area contributed by atoms with Crippen LogP contribution in [0.25, 0.3) is 22.2 Å². The van der Waals surface area contributed by atoms with Gasteiger partial charge in [0.1, 0.15) is 11.5 Å². The molecule has 6 rings (SSSR count). The van der Waals surface area contributed by atoms with E-state index in [0.29, 0.717) is 54.0 Å². The Bertz CT molecular complexity index is 1430. The molecule has 4 aromatic heterocycles. The third kappa shape index (κ3) is 3.99. The minimum atomic E-state index is -0.755. The van der Waals surface area contributed by atoms with E-state index < -0.39 is 11.6 Å². The summed E-state index contributed by atoms with van der Waals surface area (Å²) in [6.45, 7) is 1.70. The number of aromatic nitrogens is 4. The van der Waals surface area contributed by atoms with Crippen LogP contribution in [0.2, 0.25) is 0 Å². The highest BCUT2D eigenvalue weighted by Crippen LogP contribution is 2.33. The summed E-state index contributed by atoms with van der Waals surface area (Å²) < 4.78 is 33.7. The van der Waals surface area contributed by atoms with Gasteiger partial charge in [0.25, 0.3) is 5.91 Å². The van der Waals surface area contributed by atoms with Gasteiger partial charge in [0.2, 0.25) is 0 Å². The van der Waals surface area contributed by atoms with Crippen molar-refractivity contribution in [2.24, 2.45) is 5.92 Å². The van der Waals surface area contributed by atoms with E-state index in [1.807, 2.05) is 0 Å². The first-order chi connectivity index (χ1) is 17.0. The number of nitrogens with two attached hydrogens (primary N) is 1. The van der Waals surface area contributed by atoms with Gasteiger partial charge in [0.15, 0.2) is 11.6 Å². The van der Waals surface area contributed by atoms with Crippen molar-refractivity contribution in [1.29, 1.82) is 0 Å². The number of hydrogen-bond acceptors (Lipinski definition) is 6. The van der Waals surface area contributed by atoms with E-state index in [4.69, 9.17) is 10.5 Å². The normalized spacial score (nSPS) is 14.9. The van der Waals surface area contributed by atoms with Crippen molar-refractivity contribution in [3.05, 3.63) is 70.9 Å². The van der Waals surface area contributed by atoms with E-state index in [-0.39, 0.29) is 18.0 Å². The molecule has 0 radical (unpaired) electrons.